The van der Waals surface area contributed by atoms with E-state index >= 15 is 0 Å². The van der Waals surface area contributed by atoms with Crippen LogP contribution in [0.4, 0.5) is 10.5 Å². The molecule has 116 valence electrons. The van der Waals surface area contributed by atoms with E-state index in [-0.39, 0.29) is 6.03 Å². The number of nitrogens with one attached hydrogen (secondary N) is 2. The molecule has 0 radical (unpaired) electrons. The van der Waals surface area contributed by atoms with E-state index in [0.29, 0.717) is 22.3 Å². The number of hydrogen-bond donors (Lipinski definition) is 2. The summed E-state index contributed by atoms with van der Waals surface area (Å²) < 4.78 is 0. The van der Waals surface area contributed by atoms with Crippen LogP contribution in [0.15, 0.2) is 54.7 Å². The van der Waals surface area contributed by atoms with Crippen LogP contribution in [0.3, 0.4) is 0 Å². The number of aromatic nitrogens is 1. The summed E-state index contributed by atoms with van der Waals surface area (Å²) in [7, 11) is 0. The van der Waals surface area contributed by atoms with Crippen molar-refractivity contribution in [2.75, 3.05) is 5.32 Å². The molecule has 0 aliphatic rings. The minimum absolute atomic E-state index is 0.311. The number of pyridine rings is 1. The molecule has 0 fully saturated rings. The summed E-state index contributed by atoms with van der Waals surface area (Å²) in [5, 5.41) is 8.46. The van der Waals surface area contributed by atoms with Crippen molar-refractivity contribution in [3.05, 3.63) is 70.5 Å². The fourth-order valence-corrected chi connectivity index (χ4v) is 2.58. The van der Waals surface area contributed by atoms with Gasteiger partial charge in [0.05, 0.1) is 22.9 Å². The quantitative estimate of drug-likeness (QED) is 0.711. The maximum Gasteiger partial charge on any atom is 0.319 e. The number of carbonyl (C=O) groups is 1. The first-order chi connectivity index (χ1) is 11.1. The number of urea groups is 1. The van der Waals surface area contributed by atoms with Crippen molar-refractivity contribution in [1.29, 1.82) is 0 Å². The van der Waals surface area contributed by atoms with Gasteiger partial charge in [-0.1, -0.05) is 47.5 Å². The number of anilines is 1. The van der Waals surface area contributed by atoms with Gasteiger partial charge in [0.1, 0.15) is 0 Å². The lowest BCUT2D eigenvalue weighted by Crippen LogP contribution is -2.28. The molecule has 0 aliphatic carbocycles. The van der Waals surface area contributed by atoms with Crippen molar-refractivity contribution < 1.29 is 4.79 Å². The van der Waals surface area contributed by atoms with Gasteiger partial charge < -0.3 is 10.6 Å². The fourth-order valence-electron chi connectivity index (χ4n) is 2.25. The second kappa shape index (κ2) is 6.86. The van der Waals surface area contributed by atoms with Gasteiger partial charge in [-0.05, 0) is 29.7 Å². The predicted molar refractivity (Wildman–Crippen MR) is 94.1 cm³/mol. The van der Waals surface area contributed by atoms with Crippen LogP contribution in [0, 0.1) is 0 Å². The maximum atomic E-state index is 12.0. The van der Waals surface area contributed by atoms with Crippen molar-refractivity contribution in [2.45, 2.75) is 6.54 Å². The largest absolute Gasteiger partial charge is 0.332 e. The molecule has 3 rings (SSSR count). The van der Waals surface area contributed by atoms with Gasteiger partial charge in [-0.25, -0.2) is 4.79 Å². The molecule has 4 nitrogen and oxygen atoms in total. The van der Waals surface area contributed by atoms with Crippen molar-refractivity contribution >= 4 is 45.7 Å². The minimum atomic E-state index is -0.371. The second-order valence-corrected chi connectivity index (χ2v) is 5.75. The minimum Gasteiger partial charge on any atom is -0.332 e. The smallest absolute Gasteiger partial charge is 0.319 e. The lowest BCUT2D eigenvalue weighted by molar-refractivity contribution is 0.251. The number of benzene rings is 2. The number of rotatable bonds is 3. The molecule has 23 heavy (non-hydrogen) atoms. The third kappa shape index (κ3) is 3.73. The molecule has 0 saturated carbocycles. The molecule has 1 heterocycles. The molecule has 0 bridgehead atoms. The summed E-state index contributed by atoms with van der Waals surface area (Å²) >= 11 is 11.9. The highest BCUT2D eigenvalue weighted by Gasteiger charge is 2.08. The first kappa shape index (κ1) is 15.6. The average molecular weight is 346 g/mol. The normalized spacial score (nSPS) is 10.5. The van der Waals surface area contributed by atoms with Crippen LogP contribution in [0.2, 0.25) is 10.0 Å². The molecular formula is C17H13Cl2N3O. The van der Waals surface area contributed by atoms with E-state index in [1.807, 2.05) is 30.3 Å². The molecule has 0 saturated heterocycles. The summed E-state index contributed by atoms with van der Waals surface area (Å²) in [4.78, 5) is 16.4. The molecule has 0 spiro atoms. The molecule has 0 atom stereocenters. The number of fused-ring (bicyclic) bond motifs is 1. The SMILES string of the molecule is O=C(NCc1nccc2ccccc12)Nc1cc(Cl)ccc1Cl. The van der Waals surface area contributed by atoms with E-state index in [0.717, 1.165) is 16.5 Å². The molecule has 2 N–H and O–H groups in total. The van der Waals surface area contributed by atoms with Gasteiger partial charge in [0, 0.05) is 16.6 Å². The van der Waals surface area contributed by atoms with Crippen LogP contribution in [0.1, 0.15) is 5.69 Å². The van der Waals surface area contributed by atoms with Crippen molar-refractivity contribution in [3.8, 4) is 0 Å². The van der Waals surface area contributed by atoms with E-state index in [2.05, 4.69) is 15.6 Å². The molecule has 6 heteroatoms. The van der Waals surface area contributed by atoms with E-state index in [4.69, 9.17) is 23.2 Å². The molecule has 0 aliphatic heterocycles. The maximum absolute atomic E-state index is 12.0. The molecule has 0 unspecified atom stereocenters. The third-order valence-electron chi connectivity index (χ3n) is 3.35. The zero-order valence-electron chi connectivity index (χ0n) is 12.0. The van der Waals surface area contributed by atoms with Crippen LogP contribution in [0.5, 0.6) is 0 Å². The van der Waals surface area contributed by atoms with E-state index in [1.165, 1.54) is 0 Å². The first-order valence-corrected chi connectivity index (χ1v) is 7.71. The molecule has 2 aromatic carbocycles. The van der Waals surface area contributed by atoms with Crippen LogP contribution in [-0.2, 0) is 6.54 Å². The lowest BCUT2D eigenvalue weighted by atomic mass is 10.1. The Morgan fingerprint density at radius 3 is 2.78 bits per heavy atom. The van der Waals surface area contributed by atoms with Gasteiger partial charge in [0.15, 0.2) is 0 Å². The number of hydrogen-bond acceptors (Lipinski definition) is 2. The zero-order chi connectivity index (χ0) is 16.2. The van der Waals surface area contributed by atoms with E-state index in [9.17, 15) is 4.79 Å². The Hall–Kier alpha value is -2.30. The van der Waals surface area contributed by atoms with Crippen LogP contribution >= 0.6 is 23.2 Å². The summed E-state index contributed by atoms with van der Waals surface area (Å²) in [6.07, 6.45) is 1.73. The number of carbonyl (C=O) groups excluding carboxylic acids is 1. The Labute approximate surface area is 143 Å². The number of nitrogens with zero attached hydrogens (tertiary/aromatic N) is 1. The lowest BCUT2D eigenvalue weighted by Gasteiger charge is -2.10. The van der Waals surface area contributed by atoms with Gasteiger partial charge in [-0.2, -0.15) is 0 Å². The Balaban J connectivity index is 1.70. The van der Waals surface area contributed by atoms with Crippen LogP contribution in [-0.4, -0.2) is 11.0 Å². The highest BCUT2D eigenvalue weighted by molar-refractivity contribution is 6.35. The molecule has 2 amide bonds. The highest BCUT2D eigenvalue weighted by atomic mass is 35.5. The van der Waals surface area contributed by atoms with E-state index in [1.54, 1.807) is 24.4 Å². The zero-order valence-corrected chi connectivity index (χ0v) is 13.5. The summed E-state index contributed by atoms with van der Waals surface area (Å²) in [5.74, 6) is 0. The molecule has 1 aromatic heterocycles. The topological polar surface area (TPSA) is 54.0 Å². The van der Waals surface area contributed by atoms with Crippen LogP contribution in [0.25, 0.3) is 10.8 Å². The van der Waals surface area contributed by atoms with E-state index < -0.39 is 0 Å². The average Bonchev–Trinajstić information content (AvgIpc) is 2.56. The first-order valence-electron chi connectivity index (χ1n) is 6.96. The standard InChI is InChI=1S/C17H13Cl2N3O/c18-12-5-6-14(19)15(9-12)22-17(23)21-10-16-13-4-2-1-3-11(13)7-8-20-16/h1-9H,10H2,(H2,21,22,23). The summed E-state index contributed by atoms with van der Waals surface area (Å²) in [6.45, 7) is 0.311. The number of amides is 2. The Morgan fingerprint density at radius 2 is 1.91 bits per heavy atom. The number of halogens is 2. The monoisotopic (exact) mass is 345 g/mol. The van der Waals surface area contributed by atoms with Gasteiger partial charge in [-0.3, -0.25) is 4.98 Å². The molecule has 3 aromatic rings. The Bertz CT molecular complexity index is 862. The Kier molecular flexibility index (Phi) is 4.65. The van der Waals surface area contributed by atoms with Crippen molar-refractivity contribution in [1.82, 2.24) is 10.3 Å². The van der Waals surface area contributed by atoms with Crippen molar-refractivity contribution in [2.24, 2.45) is 0 Å². The molecular weight excluding hydrogens is 333 g/mol. The second-order valence-electron chi connectivity index (χ2n) is 4.91. The Morgan fingerprint density at radius 1 is 1.09 bits per heavy atom. The van der Waals surface area contributed by atoms with Crippen molar-refractivity contribution in [3.63, 3.8) is 0 Å². The van der Waals surface area contributed by atoms with Crippen LogP contribution < -0.4 is 10.6 Å². The summed E-state index contributed by atoms with van der Waals surface area (Å²) in [5.41, 5.74) is 1.26. The van der Waals surface area contributed by atoms with Gasteiger partial charge in [0.2, 0.25) is 0 Å². The van der Waals surface area contributed by atoms with Gasteiger partial charge in [0.25, 0.3) is 0 Å². The predicted octanol–water partition coefficient (Wildman–Crippen LogP) is 4.86. The van der Waals surface area contributed by atoms with Gasteiger partial charge >= 0.3 is 6.03 Å². The fraction of sp³-hybridized carbons (Fsp3) is 0.0588. The highest BCUT2D eigenvalue weighted by Crippen LogP contribution is 2.25. The van der Waals surface area contributed by atoms with Gasteiger partial charge in [-0.15, -0.1) is 0 Å². The summed E-state index contributed by atoms with van der Waals surface area (Å²) in [6, 6.07) is 14.3. The third-order valence-corrected chi connectivity index (χ3v) is 3.91.